The predicted molar refractivity (Wildman–Crippen MR) is 130 cm³/mol. The second kappa shape index (κ2) is 12.0. The first kappa shape index (κ1) is 24.9. The molecule has 4 rings (SSSR count). The van der Waals surface area contributed by atoms with Crippen molar-refractivity contribution < 1.29 is 32.2 Å². The lowest BCUT2D eigenvalue weighted by atomic mass is 10.0. The van der Waals surface area contributed by atoms with Gasteiger partial charge in [0.2, 0.25) is 5.89 Å². The molecule has 0 bridgehead atoms. The highest BCUT2D eigenvalue weighted by molar-refractivity contribution is 5.98. The molecule has 8 heteroatoms. The Bertz CT molecular complexity index is 1290. The number of alkyl halides is 2. The zero-order valence-corrected chi connectivity index (χ0v) is 19.7. The maximum Gasteiger partial charge on any atom is 0.387 e. The largest absolute Gasteiger partial charge is 0.493 e. The van der Waals surface area contributed by atoms with Gasteiger partial charge in [-0.3, -0.25) is 4.79 Å². The van der Waals surface area contributed by atoms with E-state index in [9.17, 15) is 13.6 Å². The monoisotopic (exact) mass is 493 g/mol. The van der Waals surface area contributed by atoms with E-state index in [2.05, 4.69) is 9.72 Å². The van der Waals surface area contributed by atoms with Crippen LogP contribution in [0.5, 0.6) is 17.2 Å². The number of hydrogen-bond donors (Lipinski definition) is 0. The average molecular weight is 494 g/mol. The molecule has 4 aromatic rings. The Morgan fingerprint density at radius 3 is 2.50 bits per heavy atom. The number of oxazole rings is 1. The van der Waals surface area contributed by atoms with E-state index < -0.39 is 6.61 Å². The van der Waals surface area contributed by atoms with Gasteiger partial charge in [0.25, 0.3) is 0 Å². The number of rotatable bonds is 12. The fourth-order valence-electron chi connectivity index (χ4n) is 3.59. The van der Waals surface area contributed by atoms with Crippen molar-refractivity contribution in [3.63, 3.8) is 0 Å². The minimum absolute atomic E-state index is 0.0614. The lowest BCUT2D eigenvalue weighted by molar-refractivity contribution is -0.0515. The molecule has 1 aromatic heterocycles. The summed E-state index contributed by atoms with van der Waals surface area (Å²) in [6.45, 7) is -0.488. The second-order valence-electron chi connectivity index (χ2n) is 7.81. The van der Waals surface area contributed by atoms with Crippen LogP contribution in [0, 0.1) is 0 Å². The maximum atomic E-state index is 12.9. The molecular weight excluding hydrogens is 468 g/mol. The molecule has 186 valence electrons. The third kappa shape index (κ3) is 6.47. The van der Waals surface area contributed by atoms with Crippen molar-refractivity contribution in [3.05, 3.63) is 95.9 Å². The molecule has 0 aliphatic rings. The Morgan fingerprint density at radius 2 is 1.72 bits per heavy atom. The van der Waals surface area contributed by atoms with Crippen molar-refractivity contribution in [2.45, 2.75) is 33.0 Å². The number of hydrogen-bond acceptors (Lipinski definition) is 6. The van der Waals surface area contributed by atoms with Gasteiger partial charge in [0.15, 0.2) is 17.3 Å². The Kier molecular flexibility index (Phi) is 8.28. The molecule has 0 amide bonds. The fourth-order valence-corrected chi connectivity index (χ4v) is 3.59. The van der Waals surface area contributed by atoms with Gasteiger partial charge in [0, 0.05) is 18.4 Å². The van der Waals surface area contributed by atoms with Crippen LogP contribution in [0.15, 0.2) is 83.5 Å². The van der Waals surface area contributed by atoms with Gasteiger partial charge in [0.1, 0.15) is 18.6 Å². The molecule has 0 saturated carbocycles. The first-order valence-electron chi connectivity index (χ1n) is 11.5. The molecule has 0 radical (unpaired) electrons. The molecule has 0 aliphatic carbocycles. The number of aryl methyl sites for hydroxylation is 1. The van der Waals surface area contributed by atoms with Crippen molar-refractivity contribution >= 4 is 5.78 Å². The van der Waals surface area contributed by atoms with E-state index in [4.69, 9.17) is 13.9 Å². The third-order valence-corrected chi connectivity index (χ3v) is 5.29. The van der Waals surface area contributed by atoms with Crippen LogP contribution in [0.4, 0.5) is 8.78 Å². The van der Waals surface area contributed by atoms with Crippen molar-refractivity contribution in [3.8, 4) is 28.7 Å². The van der Waals surface area contributed by atoms with Gasteiger partial charge in [-0.2, -0.15) is 8.78 Å². The lowest BCUT2D eigenvalue weighted by Crippen LogP contribution is -2.05. The zero-order valence-electron chi connectivity index (χ0n) is 19.7. The lowest BCUT2D eigenvalue weighted by Gasteiger charge is -2.13. The summed E-state index contributed by atoms with van der Waals surface area (Å²) in [4.78, 5) is 17.2. The van der Waals surface area contributed by atoms with E-state index >= 15 is 0 Å². The van der Waals surface area contributed by atoms with Crippen molar-refractivity contribution in [2.75, 3.05) is 6.61 Å². The molecule has 36 heavy (non-hydrogen) atoms. The summed E-state index contributed by atoms with van der Waals surface area (Å²) in [5.74, 6) is 0.822. The van der Waals surface area contributed by atoms with E-state index in [-0.39, 0.29) is 36.2 Å². The Balaban J connectivity index is 1.47. The summed E-state index contributed by atoms with van der Waals surface area (Å²) < 4.78 is 47.3. The summed E-state index contributed by atoms with van der Waals surface area (Å²) >= 11 is 0. The third-order valence-electron chi connectivity index (χ3n) is 5.29. The summed E-state index contributed by atoms with van der Waals surface area (Å²) in [7, 11) is 0. The Hall–Kier alpha value is -4.20. The van der Waals surface area contributed by atoms with Crippen molar-refractivity contribution in [1.29, 1.82) is 0 Å². The normalized spacial score (nSPS) is 10.9. The van der Waals surface area contributed by atoms with Crippen LogP contribution in [0.25, 0.3) is 11.5 Å². The number of para-hydroxylation sites is 1. The average Bonchev–Trinajstić information content (AvgIpc) is 3.37. The van der Waals surface area contributed by atoms with E-state index in [0.717, 1.165) is 5.56 Å². The van der Waals surface area contributed by atoms with Gasteiger partial charge < -0.3 is 18.6 Å². The van der Waals surface area contributed by atoms with Crippen LogP contribution >= 0.6 is 0 Å². The minimum atomic E-state index is -2.99. The molecule has 0 fully saturated rings. The summed E-state index contributed by atoms with van der Waals surface area (Å²) in [5, 5.41) is 0. The summed E-state index contributed by atoms with van der Waals surface area (Å²) in [5.41, 5.74) is 2.52. The van der Waals surface area contributed by atoms with Crippen molar-refractivity contribution in [2.24, 2.45) is 0 Å². The topological polar surface area (TPSA) is 70.8 Å². The molecule has 0 spiro atoms. The molecule has 6 nitrogen and oxygen atoms in total. The number of halogens is 2. The maximum absolute atomic E-state index is 12.9. The second-order valence-corrected chi connectivity index (χ2v) is 7.81. The van der Waals surface area contributed by atoms with Gasteiger partial charge >= 0.3 is 6.61 Å². The fraction of sp³-hybridized carbons (Fsp3) is 0.214. The van der Waals surface area contributed by atoms with Gasteiger partial charge in [-0.15, -0.1) is 0 Å². The van der Waals surface area contributed by atoms with Gasteiger partial charge in [0.05, 0.1) is 17.9 Å². The SMILES string of the molecule is CCOc1ccccc1C(=O)CCc1coc(-c2ccc(OC(F)F)c(OCc3ccccc3)c2)n1. The van der Waals surface area contributed by atoms with Gasteiger partial charge in [-0.1, -0.05) is 42.5 Å². The number of carbonyl (C=O) groups excluding carboxylic acids is 1. The minimum Gasteiger partial charge on any atom is -0.493 e. The van der Waals surface area contributed by atoms with Crippen molar-refractivity contribution in [1.82, 2.24) is 4.98 Å². The highest BCUT2D eigenvalue weighted by Gasteiger charge is 2.17. The zero-order chi connectivity index (χ0) is 25.3. The van der Waals surface area contributed by atoms with Crippen LogP contribution < -0.4 is 14.2 Å². The molecule has 1 heterocycles. The highest BCUT2D eigenvalue weighted by atomic mass is 19.3. The molecule has 0 aliphatic heterocycles. The van der Waals surface area contributed by atoms with Gasteiger partial charge in [-0.25, -0.2) is 4.98 Å². The molecular formula is C28H25F2NO5. The summed E-state index contributed by atoms with van der Waals surface area (Å²) in [6.07, 6.45) is 2.07. The number of benzene rings is 3. The van der Waals surface area contributed by atoms with E-state index in [0.29, 0.717) is 35.6 Å². The van der Waals surface area contributed by atoms with Crippen LogP contribution in [-0.2, 0) is 13.0 Å². The highest BCUT2D eigenvalue weighted by Crippen LogP contribution is 2.34. The number of nitrogens with zero attached hydrogens (tertiary/aromatic N) is 1. The summed E-state index contributed by atoms with van der Waals surface area (Å²) in [6, 6.07) is 20.9. The quantitative estimate of drug-likeness (QED) is 0.204. The first-order chi connectivity index (χ1) is 17.5. The smallest absolute Gasteiger partial charge is 0.387 e. The van der Waals surface area contributed by atoms with E-state index in [1.165, 1.54) is 12.3 Å². The predicted octanol–water partition coefficient (Wildman–Crippen LogP) is 6.74. The standard InChI is InChI=1S/C28H25F2NO5/c1-2-33-24-11-7-6-10-22(24)23(32)14-13-21-18-35-27(31-21)20-12-15-25(36-28(29)30)26(16-20)34-17-19-8-4-3-5-9-19/h3-12,15-16,18,28H,2,13-14,17H2,1H3. The Morgan fingerprint density at radius 1 is 0.944 bits per heavy atom. The number of Topliss-reactive ketones (excluding diaryl/α,β-unsaturated/α-hetero) is 1. The number of ketones is 1. The van der Waals surface area contributed by atoms with E-state index in [1.807, 2.05) is 43.3 Å². The molecule has 0 atom stereocenters. The molecule has 0 N–H and O–H groups in total. The van der Waals surface area contributed by atoms with Crippen LogP contribution in [0.2, 0.25) is 0 Å². The Labute approximate surface area is 207 Å². The van der Waals surface area contributed by atoms with Crippen LogP contribution in [0.1, 0.15) is 35.0 Å². The molecule has 3 aromatic carbocycles. The number of carbonyl (C=O) groups is 1. The molecule has 0 unspecified atom stereocenters. The van der Waals surface area contributed by atoms with Gasteiger partial charge in [-0.05, 0) is 42.8 Å². The van der Waals surface area contributed by atoms with E-state index in [1.54, 1.807) is 30.3 Å². The van der Waals surface area contributed by atoms with Crippen LogP contribution in [-0.4, -0.2) is 24.0 Å². The number of aromatic nitrogens is 1. The van der Waals surface area contributed by atoms with Crippen LogP contribution in [0.3, 0.4) is 0 Å². The first-order valence-corrected chi connectivity index (χ1v) is 11.5. The number of ether oxygens (including phenoxy) is 3. The molecule has 0 saturated heterocycles.